The molecule has 0 saturated heterocycles. The van der Waals surface area contributed by atoms with Crippen molar-refractivity contribution >= 4 is 46.4 Å². The summed E-state index contributed by atoms with van der Waals surface area (Å²) in [5.74, 6) is 0. The van der Waals surface area contributed by atoms with Crippen LogP contribution < -0.4 is 5.73 Å². The SMILES string of the molecule is CC(N)c1ccc(-c2c(Cl)c(Cl)cc(Cl)c2Cl)cc1. The van der Waals surface area contributed by atoms with E-state index in [-0.39, 0.29) is 6.04 Å². The molecule has 0 radical (unpaired) electrons. The average Bonchev–Trinajstić information content (AvgIpc) is 2.37. The molecule has 0 bridgehead atoms. The zero-order valence-electron chi connectivity index (χ0n) is 10.1. The lowest BCUT2D eigenvalue weighted by Gasteiger charge is -2.12. The first-order chi connectivity index (χ1) is 8.91. The Morgan fingerprint density at radius 1 is 0.895 bits per heavy atom. The van der Waals surface area contributed by atoms with Gasteiger partial charge >= 0.3 is 0 Å². The van der Waals surface area contributed by atoms with Crippen LogP contribution in [0.15, 0.2) is 30.3 Å². The minimum atomic E-state index is -0.0251. The average molecular weight is 335 g/mol. The largest absolute Gasteiger partial charge is 0.324 e. The smallest absolute Gasteiger partial charge is 0.0686 e. The fraction of sp³-hybridized carbons (Fsp3) is 0.143. The molecule has 0 saturated carbocycles. The van der Waals surface area contributed by atoms with Crippen LogP contribution in [0.4, 0.5) is 0 Å². The first kappa shape index (κ1) is 15.0. The molecule has 2 aromatic carbocycles. The van der Waals surface area contributed by atoms with Crippen LogP contribution >= 0.6 is 46.4 Å². The first-order valence-electron chi connectivity index (χ1n) is 5.60. The van der Waals surface area contributed by atoms with E-state index >= 15 is 0 Å². The molecule has 2 aromatic rings. The number of hydrogen-bond donors (Lipinski definition) is 1. The summed E-state index contributed by atoms with van der Waals surface area (Å²) < 4.78 is 0. The molecule has 1 nitrogen and oxygen atoms in total. The van der Waals surface area contributed by atoms with E-state index in [1.165, 1.54) is 6.07 Å². The van der Waals surface area contributed by atoms with E-state index in [9.17, 15) is 0 Å². The van der Waals surface area contributed by atoms with Crippen molar-refractivity contribution in [1.29, 1.82) is 0 Å². The molecule has 100 valence electrons. The zero-order valence-corrected chi connectivity index (χ0v) is 13.1. The summed E-state index contributed by atoms with van der Waals surface area (Å²) in [5.41, 5.74) is 8.33. The van der Waals surface area contributed by atoms with Crippen LogP contribution in [-0.2, 0) is 0 Å². The minimum absolute atomic E-state index is 0.0251. The van der Waals surface area contributed by atoms with Crippen molar-refractivity contribution < 1.29 is 0 Å². The number of halogens is 4. The molecule has 5 heteroatoms. The maximum atomic E-state index is 6.21. The zero-order chi connectivity index (χ0) is 14.2. The van der Waals surface area contributed by atoms with Crippen molar-refractivity contribution in [3.05, 3.63) is 56.0 Å². The van der Waals surface area contributed by atoms with Gasteiger partial charge in [0.25, 0.3) is 0 Å². The van der Waals surface area contributed by atoms with Gasteiger partial charge in [0, 0.05) is 11.6 Å². The Bertz CT molecular complexity index is 580. The van der Waals surface area contributed by atoms with E-state index in [0.29, 0.717) is 25.7 Å². The maximum Gasteiger partial charge on any atom is 0.0686 e. The van der Waals surface area contributed by atoms with Crippen LogP contribution in [0, 0.1) is 0 Å². The highest BCUT2D eigenvalue weighted by Crippen LogP contribution is 2.43. The summed E-state index contributed by atoms with van der Waals surface area (Å²) in [4.78, 5) is 0. The summed E-state index contributed by atoms with van der Waals surface area (Å²) in [6.45, 7) is 1.92. The van der Waals surface area contributed by atoms with E-state index in [1.54, 1.807) is 0 Å². The molecule has 1 unspecified atom stereocenters. The third-order valence-electron chi connectivity index (χ3n) is 2.84. The monoisotopic (exact) mass is 333 g/mol. The van der Waals surface area contributed by atoms with Gasteiger partial charge < -0.3 is 5.73 Å². The molecular weight excluding hydrogens is 324 g/mol. The van der Waals surface area contributed by atoms with Crippen LogP contribution in [0.3, 0.4) is 0 Å². The van der Waals surface area contributed by atoms with Crippen molar-refractivity contribution in [2.75, 3.05) is 0 Å². The predicted octanol–water partition coefficient (Wildman–Crippen LogP) is 5.99. The number of nitrogens with two attached hydrogens (primary N) is 1. The quantitative estimate of drug-likeness (QED) is 0.671. The van der Waals surface area contributed by atoms with Gasteiger partial charge in [-0.25, -0.2) is 0 Å². The van der Waals surface area contributed by atoms with E-state index < -0.39 is 0 Å². The maximum absolute atomic E-state index is 6.21. The van der Waals surface area contributed by atoms with Gasteiger partial charge in [-0.05, 0) is 24.1 Å². The Kier molecular flexibility index (Phi) is 4.65. The Morgan fingerprint density at radius 2 is 1.37 bits per heavy atom. The van der Waals surface area contributed by atoms with E-state index in [1.807, 2.05) is 31.2 Å². The molecule has 1 atom stereocenters. The second-order valence-electron chi connectivity index (χ2n) is 4.25. The van der Waals surface area contributed by atoms with Gasteiger partial charge in [-0.2, -0.15) is 0 Å². The Hall–Kier alpha value is -0.440. The molecule has 2 N–H and O–H groups in total. The van der Waals surface area contributed by atoms with Crippen LogP contribution in [0.25, 0.3) is 11.1 Å². The summed E-state index contributed by atoms with van der Waals surface area (Å²) in [7, 11) is 0. The first-order valence-corrected chi connectivity index (χ1v) is 7.12. The van der Waals surface area contributed by atoms with Gasteiger partial charge in [-0.15, -0.1) is 0 Å². The van der Waals surface area contributed by atoms with Gasteiger partial charge in [0.1, 0.15) is 0 Å². The Morgan fingerprint density at radius 3 is 1.79 bits per heavy atom. The molecule has 0 aromatic heterocycles. The Labute approximate surface area is 132 Å². The van der Waals surface area contributed by atoms with Gasteiger partial charge in [-0.1, -0.05) is 70.7 Å². The number of hydrogen-bond acceptors (Lipinski definition) is 1. The lowest BCUT2D eigenvalue weighted by Crippen LogP contribution is -2.04. The second kappa shape index (κ2) is 5.90. The van der Waals surface area contributed by atoms with Crippen LogP contribution in [0.2, 0.25) is 20.1 Å². The lowest BCUT2D eigenvalue weighted by atomic mass is 10.0. The van der Waals surface area contributed by atoms with Crippen molar-refractivity contribution in [2.45, 2.75) is 13.0 Å². The van der Waals surface area contributed by atoms with Crippen LogP contribution in [0.1, 0.15) is 18.5 Å². The lowest BCUT2D eigenvalue weighted by molar-refractivity contribution is 0.818. The molecular formula is C14H11Cl4N. The number of benzene rings is 2. The van der Waals surface area contributed by atoms with Gasteiger partial charge in [0.2, 0.25) is 0 Å². The highest BCUT2D eigenvalue weighted by molar-refractivity contribution is 6.50. The van der Waals surface area contributed by atoms with Gasteiger partial charge in [0.15, 0.2) is 0 Å². The molecule has 0 amide bonds. The molecule has 0 fully saturated rings. The number of rotatable bonds is 2. The predicted molar refractivity (Wildman–Crippen MR) is 84.5 cm³/mol. The van der Waals surface area contributed by atoms with Gasteiger partial charge in [0.05, 0.1) is 20.1 Å². The molecule has 0 aliphatic carbocycles. The molecule has 2 rings (SSSR count). The summed E-state index contributed by atoms with van der Waals surface area (Å²) >= 11 is 24.5. The highest BCUT2D eigenvalue weighted by Gasteiger charge is 2.15. The summed E-state index contributed by atoms with van der Waals surface area (Å²) in [6, 6.07) is 9.18. The van der Waals surface area contributed by atoms with Gasteiger partial charge in [-0.3, -0.25) is 0 Å². The normalized spacial score (nSPS) is 12.5. The van der Waals surface area contributed by atoms with Crippen LogP contribution in [-0.4, -0.2) is 0 Å². The Balaban J connectivity index is 2.59. The minimum Gasteiger partial charge on any atom is -0.324 e. The molecule has 0 aliphatic heterocycles. The summed E-state index contributed by atoms with van der Waals surface area (Å²) in [6.07, 6.45) is 0. The molecule has 0 heterocycles. The van der Waals surface area contributed by atoms with Crippen molar-refractivity contribution in [3.63, 3.8) is 0 Å². The highest BCUT2D eigenvalue weighted by atomic mass is 35.5. The fourth-order valence-corrected chi connectivity index (χ4v) is 2.81. The summed E-state index contributed by atoms with van der Waals surface area (Å²) in [5, 5.41) is 1.54. The van der Waals surface area contributed by atoms with Crippen molar-refractivity contribution in [2.24, 2.45) is 5.73 Å². The van der Waals surface area contributed by atoms with E-state index in [2.05, 4.69) is 0 Å². The third-order valence-corrected chi connectivity index (χ3v) is 4.41. The standard InChI is InChI=1S/C14H11Cl4N/c1-7(19)8-2-4-9(5-3-8)12-13(17)10(15)6-11(16)14(12)18/h2-7H,19H2,1H3. The van der Waals surface area contributed by atoms with E-state index in [0.717, 1.165) is 11.1 Å². The third kappa shape index (κ3) is 3.01. The van der Waals surface area contributed by atoms with Crippen molar-refractivity contribution in [1.82, 2.24) is 0 Å². The second-order valence-corrected chi connectivity index (χ2v) is 5.82. The fourth-order valence-electron chi connectivity index (χ4n) is 1.78. The molecule has 0 spiro atoms. The van der Waals surface area contributed by atoms with E-state index in [4.69, 9.17) is 52.1 Å². The topological polar surface area (TPSA) is 26.0 Å². The molecule has 19 heavy (non-hydrogen) atoms. The van der Waals surface area contributed by atoms with Crippen molar-refractivity contribution in [3.8, 4) is 11.1 Å². The van der Waals surface area contributed by atoms with Crippen LogP contribution in [0.5, 0.6) is 0 Å². The molecule has 0 aliphatic rings.